The molecule has 0 spiro atoms. The number of rotatable bonds is 5. The number of carbonyl (C=O) groups excluding carboxylic acids is 1. The first-order chi connectivity index (χ1) is 8.47. The van der Waals surface area contributed by atoms with Gasteiger partial charge in [-0.3, -0.25) is 10.1 Å². The van der Waals surface area contributed by atoms with Gasteiger partial charge in [0.05, 0.1) is 12.0 Å². The van der Waals surface area contributed by atoms with E-state index >= 15 is 0 Å². The summed E-state index contributed by atoms with van der Waals surface area (Å²) < 4.78 is 6.03. The molecular formula is C11H17N3O4. The molecule has 0 saturated heterocycles. The van der Waals surface area contributed by atoms with Crippen molar-refractivity contribution in [2.24, 2.45) is 0 Å². The summed E-state index contributed by atoms with van der Waals surface area (Å²) in [5.74, 6) is -0.468. The molecule has 0 radical (unpaired) electrons. The van der Waals surface area contributed by atoms with Crippen molar-refractivity contribution in [3.05, 3.63) is 21.5 Å². The minimum Gasteiger partial charge on any atom is -0.467 e. The Hall–Kier alpha value is -1.92. The minimum absolute atomic E-state index is 0.00996. The highest BCUT2D eigenvalue weighted by Crippen LogP contribution is 2.27. The van der Waals surface area contributed by atoms with Crippen molar-refractivity contribution in [2.75, 3.05) is 7.11 Å². The van der Waals surface area contributed by atoms with Gasteiger partial charge in [0.15, 0.2) is 0 Å². The number of hydrogen-bond donors (Lipinski definition) is 0. The zero-order valence-electron chi connectivity index (χ0n) is 11.0. The largest absolute Gasteiger partial charge is 0.467 e. The van der Waals surface area contributed by atoms with Crippen molar-refractivity contribution in [2.45, 2.75) is 39.7 Å². The van der Waals surface area contributed by atoms with Gasteiger partial charge in [-0.15, -0.1) is 0 Å². The summed E-state index contributed by atoms with van der Waals surface area (Å²) in [5.41, 5.74) is 0.859. The first-order valence-electron chi connectivity index (χ1n) is 5.80. The van der Waals surface area contributed by atoms with Gasteiger partial charge in [-0.2, -0.15) is 5.10 Å². The van der Waals surface area contributed by atoms with E-state index in [1.54, 1.807) is 20.8 Å². The summed E-state index contributed by atoms with van der Waals surface area (Å²) in [7, 11) is 1.28. The Balaban J connectivity index is 3.37. The molecule has 18 heavy (non-hydrogen) atoms. The van der Waals surface area contributed by atoms with Gasteiger partial charge in [0, 0.05) is 0 Å². The van der Waals surface area contributed by atoms with Crippen molar-refractivity contribution >= 4 is 11.7 Å². The lowest BCUT2D eigenvalue weighted by Crippen LogP contribution is -2.21. The molecular weight excluding hydrogens is 238 g/mol. The summed E-state index contributed by atoms with van der Waals surface area (Å²) in [5, 5.41) is 15.2. The topological polar surface area (TPSA) is 87.3 Å². The number of methoxy groups -OCH3 is 1. The lowest BCUT2D eigenvalue weighted by atomic mass is 10.2. The molecule has 0 aliphatic carbocycles. The number of carbonyl (C=O) groups is 1. The molecule has 1 atom stereocenters. The van der Waals surface area contributed by atoms with E-state index in [1.807, 2.05) is 0 Å². The molecule has 0 amide bonds. The number of hydrogen-bond acceptors (Lipinski definition) is 5. The maximum atomic E-state index is 11.5. The third-order valence-corrected chi connectivity index (χ3v) is 2.81. The Labute approximate surface area is 105 Å². The second-order valence-corrected chi connectivity index (χ2v) is 3.85. The van der Waals surface area contributed by atoms with Crippen LogP contribution in [0, 0.1) is 10.1 Å². The quantitative estimate of drug-likeness (QED) is 0.453. The predicted molar refractivity (Wildman–Crippen MR) is 64.4 cm³/mol. The van der Waals surface area contributed by atoms with Gasteiger partial charge < -0.3 is 4.74 Å². The van der Waals surface area contributed by atoms with E-state index in [0.717, 1.165) is 0 Å². The molecule has 7 nitrogen and oxygen atoms in total. The molecule has 0 aromatic carbocycles. The van der Waals surface area contributed by atoms with Crippen LogP contribution in [-0.4, -0.2) is 27.8 Å². The third kappa shape index (κ3) is 2.34. The third-order valence-electron chi connectivity index (χ3n) is 2.81. The van der Waals surface area contributed by atoms with Crippen LogP contribution in [0.1, 0.15) is 38.2 Å². The Kier molecular flexibility index (Phi) is 4.41. The van der Waals surface area contributed by atoms with Gasteiger partial charge in [0.2, 0.25) is 0 Å². The molecule has 7 heteroatoms. The Morgan fingerprint density at radius 1 is 1.50 bits per heavy atom. The smallest absolute Gasteiger partial charge is 0.330 e. The van der Waals surface area contributed by atoms with E-state index in [1.165, 1.54) is 11.8 Å². The first kappa shape index (κ1) is 14.1. The number of esters is 1. The van der Waals surface area contributed by atoms with Gasteiger partial charge >= 0.3 is 11.7 Å². The molecule has 1 unspecified atom stereocenters. The normalized spacial score (nSPS) is 12.2. The highest BCUT2D eigenvalue weighted by atomic mass is 16.6. The Morgan fingerprint density at radius 2 is 2.11 bits per heavy atom. The van der Waals surface area contributed by atoms with E-state index in [4.69, 9.17) is 0 Å². The predicted octanol–water partition coefficient (Wildman–Crippen LogP) is 1.65. The van der Waals surface area contributed by atoms with Gasteiger partial charge in [0.25, 0.3) is 0 Å². The molecule has 1 aromatic rings. The molecule has 0 fully saturated rings. The highest BCUT2D eigenvalue weighted by Gasteiger charge is 2.29. The van der Waals surface area contributed by atoms with E-state index in [9.17, 15) is 14.9 Å². The van der Waals surface area contributed by atoms with Gasteiger partial charge in [-0.25, -0.2) is 9.48 Å². The van der Waals surface area contributed by atoms with Crippen molar-refractivity contribution in [3.8, 4) is 0 Å². The number of ether oxygens (including phenoxy) is 1. The number of nitrogens with zero attached hydrogens (tertiary/aromatic N) is 3. The maximum Gasteiger partial charge on any atom is 0.330 e. The van der Waals surface area contributed by atoms with Crippen LogP contribution < -0.4 is 0 Å². The zero-order chi connectivity index (χ0) is 13.9. The number of aromatic nitrogens is 2. The first-order valence-corrected chi connectivity index (χ1v) is 5.80. The number of nitro groups is 1. The number of aryl methyl sites for hydroxylation is 1. The fourth-order valence-electron chi connectivity index (χ4n) is 1.88. The molecule has 0 N–H and O–H groups in total. The van der Waals surface area contributed by atoms with Crippen LogP contribution in [0.25, 0.3) is 0 Å². The fraction of sp³-hybridized carbons (Fsp3) is 0.636. The van der Waals surface area contributed by atoms with Crippen LogP contribution >= 0.6 is 0 Å². The molecule has 0 aliphatic heterocycles. The van der Waals surface area contributed by atoms with Gasteiger partial charge in [-0.1, -0.05) is 13.8 Å². The molecule has 0 bridgehead atoms. The molecule has 1 heterocycles. The average Bonchev–Trinajstić information content (AvgIpc) is 2.75. The van der Waals surface area contributed by atoms with E-state index in [-0.39, 0.29) is 5.69 Å². The average molecular weight is 255 g/mol. The van der Waals surface area contributed by atoms with Crippen LogP contribution in [0.15, 0.2) is 0 Å². The van der Waals surface area contributed by atoms with E-state index in [0.29, 0.717) is 24.2 Å². The minimum atomic E-state index is -0.663. The summed E-state index contributed by atoms with van der Waals surface area (Å²) in [6.07, 6.45) is 0.884. The molecule has 1 rings (SSSR count). The van der Waals surface area contributed by atoms with Crippen LogP contribution in [0.5, 0.6) is 0 Å². The zero-order valence-corrected chi connectivity index (χ0v) is 11.0. The van der Waals surface area contributed by atoms with Crippen LogP contribution in [0.3, 0.4) is 0 Å². The van der Waals surface area contributed by atoms with E-state index in [2.05, 4.69) is 9.84 Å². The Bertz CT molecular complexity index is 467. The summed E-state index contributed by atoms with van der Waals surface area (Å²) in [4.78, 5) is 22.1. The van der Waals surface area contributed by atoms with Crippen LogP contribution in [0.4, 0.5) is 5.69 Å². The van der Waals surface area contributed by atoms with Crippen molar-refractivity contribution in [1.29, 1.82) is 0 Å². The summed E-state index contributed by atoms with van der Waals surface area (Å²) in [6.45, 7) is 5.20. The van der Waals surface area contributed by atoms with Crippen LogP contribution in [-0.2, 0) is 22.4 Å². The van der Waals surface area contributed by atoms with Crippen molar-refractivity contribution < 1.29 is 14.5 Å². The summed E-state index contributed by atoms with van der Waals surface area (Å²) >= 11 is 0. The lowest BCUT2D eigenvalue weighted by Gasteiger charge is -2.11. The highest BCUT2D eigenvalue weighted by molar-refractivity contribution is 5.73. The molecule has 0 aliphatic rings. The maximum absolute atomic E-state index is 11.5. The standard InChI is InChI=1S/C11H17N3O4/c1-5-8-10(14(16)17)9(6-2)13(12-8)7(3)11(15)18-4/h7H,5-6H2,1-4H3. The second kappa shape index (κ2) is 5.61. The van der Waals surface area contributed by atoms with E-state index < -0.39 is 16.9 Å². The molecule has 100 valence electrons. The molecule has 1 aromatic heterocycles. The molecule has 0 saturated carbocycles. The second-order valence-electron chi connectivity index (χ2n) is 3.85. The van der Waals surface area contributed by atoms with Crippen molar-refractivity contribution in [1.82, 2.24) is 9.78 Å². The monoisotopic (exact) mass is 255 g/mol. The van der Waals surface area contributed by atoms with Gasteiger partial charge in [0.1, 0.15) is 17.4 Å². The fourth-order valence-corrected chi connectivity index (χ4v) is 1.88. The van der Waals surface area contributed by atoms with Crippen LogP contribution in [0.2, 0.25) is 0 Å². The Morgan fingerprint density at radius 3 is 2.50 bits per heavy atom. The lowest BCUT2D eigenvalue weighted by molar-refractivity contribution is -0.386. The SMILES string of the molecule is CCc1nn(C(C)C(=O)OC)c(CC)c1[N+](=O)[O-]. The van der Waals surface area contributed by atoms with Crippen molar-refractivity contribution in [3.63, 3.8) is 0 Å². The summed E-state index contributed by atoms with van der Waals surface area (Å²) in [6, 6.07) is -0.663. The van der Waals surface area contributed by atoms with Gasteiger partial charge in [-0.05, 0) is 19.8 Å².